The van der Waals surface area contributed by atoms with E-state index in [1.165, 1.54) is 23.5 Å². The lowest BCUT2D eigenvalue weighted by molar-refractivity contribution is -0.144. The Hall–Kier alpha value is -7.12. The van der Waals surface area contributed by atoms with Crippen molar-refractivity contribution in [2.45, 2.75) is 54.5 Å². The lowest BCUT2D eigenvalue weighted by atomic mass is 9.80. The number of hydrogen-bond acceptors (Lipinski definition) is 14. The van der Waals surface area contributed by atoms with Crippen molar-refractivity contribution in [1.82, 2.24) is 30.2 Å². The van der Waals surface area contributed by atoms with E-state index in [0.717, 1.165) is 44.7 Å². The number of oxime groups is 1. The summed E-state index contributed by atoms with van der Waals surface area (Å²) in [5, 5.41) is 20.7. The third-order valence-corrected chi connectivity index (χ3v) is 14.7. The number of ether oxygens (including phenoxy) is 2. The van der Waals surface area contributed by atoms with Crippen molar-refractivity contribution in [2.75, 3.05) is 16.8 Å². The van der Waals surface area contributed by atoms with Gasteiger partial charge in [0.05, 0.1) is 11.9 Å². The maximum Gasteiger partial charge on any atom is 0.413 e. The Morgan fingerprint density at radius 1 is 0.845 bits per heavy atom. The lowest BCUT2D eigenvalue weighted by Crippen LogP contribution is -2.71. The number of nitrogens with one attached hydrogen (secondary N) is 2. The van der Waals surface area contributed by atoms with E-state index in [1.807, 2.05) is 158 Å². The fourth-order valence-corrected chi connectivity index (χ4v) is 11.5. The number of thioether (sulfide) groups is 2. The van der Waals surface area contributed by atoms with Crippen LogP contribution >= 0.6 is 47.1 Å². The number of aryl methyl sites for hydroxylation is 1. The molecule has 4 heterocycles. The predicted molar refractivity (Wildman–Crippen MR) is 281 cm³/mol. The summed E-state index contributed by atoms with van der Waals surface area (Å²) in [6, 6.07) is 47.3. The molecule has 9 rings (SSSR count). The van der Waals surface area contributed by atoms with E-state index in [2.05, 4.69) is 25.9 Å². The van der Waals surface area contributed by atoms with Crippen LogP contribution in [0, 0.1) is 0 Å². The second-order valence-corrected chi connectivity index (χ2v) is 20.7. The van der Waals surface area contributed by atoms with Gasteiger partial charge in [0.15, 0.2) is 10.8 Å². The predicted octanol–water partition coefficient (Wildman–Crippen LogP) is 9.91. The summed E-state index contributed by atoms with van der Waals surface area (Å²) in [5.41, 5.74) is 3.05. The van der Waals surface area contributed by atoms with Crippen molar-refractivity contribution in [3.8, 4) is 0 Å². The monoisotopic (exact) mass is 1020 g/mol. The molecule has 0 aliphatic carbocycles. The Morgan fingerprint density at radius 2 is 1.39 bits per heavy atom. The van der Waals surface area contributed by atoms with Crippen molar-refractivity contribution < 1.29 is 28.7 Å². The van der Waals surface area contributed by atoms with E-state index in [4.69, 9.17) is 31.7 Å². The number of rotatable bonds is 16. The highest BCUT2D eigenvalue weighted by atomic mass is 32.2. The van der Waals surface area contributed by atoms with Gasteiger partial charge >= 0.3 is 6.09 Å². The first-order chi connectivity index (χ1) is 34.4. The molecule has 0 radical (unpaired) electrons. The van der Waals surface area contributed by atoms with Gasteiger partial charge in [-0.2, -0.15) is 0 Å². The Morgan fingerprint density at radius 3 is 1.92 bits per heavy atom. The molecule has 2 N–H and O–H groups in total. The highest BCUT2D eigenvalue weighted by Crippen LogP contribution is 2.44. The van der Waals surface area contributed by atoms with Gasteiger partial charge in [0.1, 0.15) is 33.8 Å². The van der Waals surface area contributed by atoms with Gasteiger partial charge in [-0.3, -0.25) is 24.5 Å². The number of hydrogen-bond donors (Lipinski definition) is 2. The number of carbonyl (C=O) groups is 3. The Bertz CT molecular complexity index is 2940. The van der Waals surface area contributed by atoms with E-state index >= 15 is 0 Å². The molecular formula is C53H48N8O6S4. The summed E-state index contributed by atoms with van der Waals surface area (Å²) in [6.45, 7) is 5.26. The summed E-state index contributed by atoms with van der Waals surface area (Å²) in [6.07, 6.45) is 0.528. The standard InChI is InChI=1S/C53H48N8O6S4/c1-52(2,3)66-51(64)56-50-54-40(33-71-50)42(58-67-53(37-24-14-7-15-25-37,38-26-16-8-17-27-38)39-28-18-9-19-29-39)46(62)55-43-47(63)61-44(36(32-70-48(43)61)31-69-41-30-60(4)59-57-41)49(68)65-45(34-20-10-5-11-21-34)35-22-12-6-13-23-35/h5-30,33,43,45,48H,31-32H2,1-4H3,(H,55,62)(H,54,56,64)/b58-42-/t43-,48-/m1/s1. The zero-order valence-electron chi connectivity index (χ0n) is 39.0. The van der Waals surface area contributed by atoms with Gasteiger partial charge in [0, 0.05) is 40.6 Å². The topological polar surface area (TPSA) is 162 Å². The average Bonchev–Trinajstić information content (AvgIpc) is 4.03. The minimum absolute atomic E-state index is 0.0907. The second kappa shape index (κ2) is 21.5. The first kappa shape index (κ1) is 48.9. The van der Waals surface area contributed by atoms with E-state index in [0.29, 0.717) is 22.2 Å². The summed E-state index contributed by atoms with van der Waals surface area (Å²) < 4.78 is 13.9. The summed E-state index contributed by atoms with van der Waals surface area (Å²) in [7, 11) is 1.80. The lowest BCUT2D eigenvalue weighted by Gasteiger charge is -2.50. The van der Waals surface area contributed by atoms with Crippen molar-refractivity contribution in [2.24, 2.45) is 12.2 Å². The average molecular weight is 1020 g/mol. The van der Waals surface area contributed by atoms with E-state index < -0.39 is 46.6 Å². The molecule has 0 spiro atoms. The number of benzene rings is 5. The largest absolute Gasteiger partial charge is 0.469 e. The molecule has 18 heteroatoms. The molecule has 5 aromatic carbocycles. The summed E-state index contributed by atoms with van der Waals surface area (Å²) in [5.74, 6) is -0.212. The van der Waals surface area contributed by atoms with Crippen LogP contribution in [0.1, 0.15) is 60.4 Å². The van der Waals surface area contributed by atoms with Crippen LogP contribution in [0.4, 0.5) is 9.93 Å². The van der Waals surface area contributed by atoms with E-state index in [9.17, 15) is 14.4 Å². The molecule has 0 saturated carbocycles. The number of β-lactam (4-membered cyclic amide) rings is 1. The molecular weight excluding hydrogens is 973 g/mol. The SMILES string of the molecule is Cn1cc(SCC2=C(C(=S)OC(c3ccccc3)c3ccccc3)N3C(=O)[C@@H](NC(=O)/C(=N\OC(c4ccccc4)(c4ccccc4)c4ccccc4)c4csc(NC(=O)OC(C)(C)C)n4)[C@H]3SC2)nn1. The van der Waals surface area contributed by atoms with Crippen LogP contribution in [0.15, 0.2) is 185 Å². The van der Waals surface area contributed by atoms with E-state index in [1.54, 1.807) is 42.8 Å². The van der Waals surface area contributed by atoms with Crippen LogP contribution < -0.4 is 10.6 Å². The molecule has 2 aliphatic heterocycles. The maximum atomic E-state index is 15.0. The van der Waals surface area contributed by atoms with Crippen molar-refractivity contribution >= 4 is 80.9 Å². The van der Waals surface area contributed by atoms with Gasteiger partial charge in [-0.15, -0.1) is 28.2 Å². The molecule has 1 saturated heterocycles. The number of fused-ring (bicyclic) bond motifs is 1. The summed E-state index contributed by atoms with van der Waals surface area (Å²) in [4.78, 5) is 55.6. The Balaban J connectivity index is 1.06. The number of aromatic nitrogens is 4. The summed E-state index contributed by atoms with van der Waals surface area (Å²) >= 11 is 10.2. The first-order valence-electron chi connectivity index (χ1n) is 22.5. The highest BCUT2D eigenvalue weighted by molar-refractivity contribution is 8.01. The number of carbonyl (C=O) groups excluding carboxylic acids is 3. The second-order valence-electron chi connectivity index (χ2n) is 17.4. The van der Waals surface area contributed by atoms with Crippen molar-refractivity contribution in [3.05, 3.63) is 208 Å². The first-order valence-corrected chi connectivity index (χ1v) is 25.9. The van der Waals surface area contributed by atoms with Gasteiger partial charge in [-0.1, -0.05) is 174 Å². The minimum Gasteiger partial charge on any atom is -0.469 e. The molecule has 2 aliphatic rings. The molecule has 0 unspecified atom stereocenters. The van der Waals surface area contributed by atoms with Crippen LogP contribution in [0.2, 0.25) is 0 Å². The molecule has 2 atom stereocenters. The van der Waals surface area contributed by atoms with Crippen LogP contribution in [0.3, 0.4) is 0 Å². The van der Waals surface area contributed by atoms with Crippen LogP contribution in [0.25, 0.3) is 0 Å². The molecule has 1 fully saturated rings. The van der Waals surface area contributed by atoms with Gasteiger partial charge < -0.3 is 19.6 Å². The molecule has 3 amide bonds. The highest BCUT2D eigenvalue weighted by Gasteiger charge is 2.54. The number of amides is 3. The van der Waals surface area contributed by atoms with Crippen molar-refractivity contribution in [1.29, 1.82) is 0 Å². The van der Waals surface area contributed by atoms with Gasteiger partial charge in [0.2, 0.25) is 10.7 Å². The smallest absolute Gasteiger partial charge is 0.413 e. The third-order valence-electron chi connectivity index (χ3n) is 11.3. The fraction of sp³-hybridized carbons (Fsp3) is 0.208. The quantitative estimate of drug-likeness (QED) is 0.0236. The molecule has 14 nitrogen and oxygen atoms in total. The van der Waals surface area contributed by atoms with Crippen LogP contribution in [-0.2, 0) is 36.5 Å². The number of nitrogens with zero attached hydrogens (tertiary/aromatic N) is 6. The normalized spacial score (nSPS) is 15.9. The maximum absolute atomic E-state index is 15.0. The van der Waals surface area contributed by atoms with Gasteiger partial charge in [-0.25, -0.2) is 9.78 Å². The zero-order chi connectivity index (χ0) is 49.5. The number of thiocarbonyl (C=S) groups is 1. The molecule has 0 bridgehead atoms. The number of thiazole rings is 1. The van der Waals surface area contributed by atoms with Crippen LogP contribution in [0.5, 0.6) is 0 Å². The Kier molecular flexibility index (Phi) is 14.8. The van der Waals surface area contributed by atoms with E-state index in [-0.39, 0.29) is 21.6 Å². The van der Waals surface area contributed by atoms with Crippen molar-refractivity contribution in [3.63, 3.8) is 0 Å². The molecule has 7 aromatic rings. The molecule has 71 heavy (non-hydrogen) atoms. The number of anilines is 1. The van der Waals surface area contributed by atoms with Gasteiger partial charge in [-0.05, 0) is 49.7 Å². The minimum atomic E-state index is -1.36. The third kappa shape index (κ3) is 11.0. The zero-order valence-corrected chi connectivity index (χ0v) is 42.3. The Labute approximate surface area is 428 Å². The molecule has 2 aromatic heterocycles. The molecule has 360 valence electrons. The van der Waals surface area contributed by atoms with Crippen LogP contribution in [-0.4, -0.2) is 82.1 Å². The fourth-order valence-electron chi connectivity index (χ4n) is 8.12. The van der Waals surface area contributed by atoms with Gasteiger partial charge in [0.25, 0.3) is 11.8 Å².